The predicted molar refractivity (Wildman–Crippen MR) is 82.6 cm³/mol. The molecule has 0 radical (unpaired) electrons. The molecule has 0 amide bonds. The third-order valence-corrected chi connectivity index (χ3v) is 2.86. The van der Waals surface area contributed by atoms with Crippen molar-refractivity contribution >= 4 is 11.6 Å². The van der Waals surface area contributed by atoms with Gasteiger partial charge in [0.1, 0.15) is 0 Å². The summed E-state index contributed by atoms with van der Waals surface area (Å²) >= 11 is 6.07. The van der Waals surface area contributed by atoms with Gasteiger partial charge in [-0.25, -0.2) is 0 Å². The minimum atomic E-state index is 0. The Morgan fingerprint density at radius 1 is 1.00 bits per heavy atom. The first-order chi connectivity index (χ1) is 7.67. The summed E-state index contributed by atoms with van der Waals surface area (Å²) in [6.07, 6.45) is 5.06. The molecule has 108 valence electrons. The van der Waals surface area contributed by atoms with E-state index in [9.17, 15) is 0 Å². The van der Waals surface area contributed by atoms with E-state index in [4.69, 9.17) is 11.6 Å². The largest absolute Gasteiger partial charge is 4.00 e. The number of nitrogens with zero attached hydrogens (tertiary/aromatic N) is 3. The zero-order valence-electron chi connectivity index (χ0n) is 12.9. The van der Waals surface area contributed by atoms with E-state index < -0.39 is 0 Å². The molecular formula is C13H30ClHfN3. The molecule has 0 saturated heterocycles. The van der Waals surface area contributed by atoms with Crippen LogP contribution in [-0.4, -0.2) is 47.2 Å². The third-order valence-electron chi connectivity index (χ3n) is 2.29. The van der Waals surface area contributed by atoms with Crippen molar-refractivity contribution in [3.05, 3.63) is 23.4 Å². The van der Waals surface area contributed by atoms with Crippen LogP contribution in [0.1, 0.15) is 25.7 Å². The van der Waals surface area contributed by atoms with E-state index >= 15 is 0 Å². The summed E-state index contributed by atoms with van der Waals surface area (Å²) in [7, 11) is 8.87. The molecule has 1 fully saturated rings. The van der Waals surface area contributed by atoms with Crippen molar-refractivity contribution in [2.24, 2.45) is 5.92 Å². The first kappa shape index (κ1) is 27.4. The first-order valence-corrected chi connectivity index (χ1v) is 6.27. The number of hydrogen-bond donors (Lipinski definition) is 0. The van der Waals surface area contributed by atoms with E-state index in [1.807, 2.05) is 7.05 Å². The average molecular weight is 442 g/mol. The summed E-state index contributed by atoms with van der Waals surface area (Å²) in [5.74, 6) is 0.755. The van der Waals surface area contributed by atoms with Gasteiger partial charge in [-0.1, -0.05) is 12.8 Å². The maximum absolute atomic E-state index is 6.07. The SMILES string of the molecule is C[N-]C.C[N-]C.C[N-]CCC1CCCC1Cl.[CH3-].[Hf+4]. The summed E-state index contributed by atoms with van der Waals surface area (Å²) in [5, 5.41) is 11.5. The molecule has 0 aromatic rings. The van der Waals surface area contributed by atoms with E-state index in [2.05, 4.69) is 16.0 Å². The summed E-state index contributed by atoms with van der Waals surface area (Å²) in [5.41, 5.74) is 0. The zero-order valence-corrected chi connectivity index (χ0v) is 17.3. The summed E-state index contributed by atoms with van der Waals surface area (Å²) < 4.78 is 0. The average Bonchev–Trinajstić information content (AvgIpc) is 2.63. The van der Waals surface area contributed by atoms with Gasteiger partial charge in [-0.15, -0.1) is 18.1 Å². The first-order valence-electron chi connectivity index (χ1n) is 5.83. The third kappa shape index (κ3) is 19.4. The van der Waals surface area contributed by atoms with Gasteiger partial charge in [-0.3, -0.25) is 0 Å². The van der Waals surface area contributed by atoms with Crippen LogP contribution in [-0.2, 0) is 25.8 Å². The molecule has 1 saturated carbocycles. The Bertz CT molecular complexity index is 127. The summed E-state index contributed by atoms with van der Waals surface area (Å²) in [4.78, 5) is 0. The van der Waals surface area contributed by atoms with E-state index in [0.717, 1.165) is 12.5 Å². The fourth-order valence-corrected chi connectivity index (χ4v) is 2.02. The van der Waals surface area contributed by atoms with Crippen molar-refractivity contribution in [3.63, 3.8) is 0 Å². The van der Waals surface area contributed by atoms with Crippen LogP contribution < -0.4 is 0 Å². The molecular weight excluding hydrogens is 412 g/mol. The molecule has 1 aliphatic rings. The molecule has 1 rings (SSSR count). The van der Waals surface area contributed by atoms with Crippen molar-refractivity contribution < 1.29 is 25.8 Å². The van der Waals surface area contributed by atoms with Crippen LogP contribution in [0, 0.1) is 13.3 Å². The Kier molecular flexibility index (Phi) is 35.2. The summed E-state index contributed by atoms with van der Waals surface area (Å²) in [6, 6.07) is 0. The molecule has 2 unspecified atom stereocenters. The fraction of sp³-hybridized carbons (Fsp3) is 0.923. The molecule has 2 atom stereocenters. The quantitative estimate of drug-likeness (QED) is 0.352. The minimum absolute atomic E-state index is 0. The second-order valence-electron chi connectivity index (χ2n) is 3.93. The van der Waals surface area contributed by atoms with Crippen LogP contribution >= 0.6 is 11.6 Å². The summed E-state index contributed by atoms with van der Waals surface area (Å²) in [6.45, 7) is 0.994. The predicted octanol–water partition coefficient (Wildman–Crippen LogP) is 4.47. The van der Waals surface area contributed by atoms with E-state index in [1.165, 1.54) is 25.7 Å². The Morgan fingerprint density at radius 3 is 1.72 bits per heavy atom. The van der Waals surface area contributed by atoms with Gasteiger partial charge >= 0.3 is 25.8 Å². The number of rotatable bonds is 3. The van der Waals surface area contributed by atoms with E-state index in [0.29, 0.717) is 5.38 Å². The van der Waals surface area contributed by atoms with Gasteiger partial charge in [0, 0.05) is 5.38 Å². The number of halogens is 1. The molecule has 0 aromatic heterocycles. The number of alkyl halides is 1. The molecule has 0 spiro atoms. The molecule has 0 aliphatic heterocycles. The van der Waals surface area contributed by atoms with Gasteiger partial charge in [0.15, 0.2) is 0 Å². The molecule has 0 aromatic carbocycles. The topological polar surface area (TPSA) is 42.3 Å². The molecule has 1 aliphatic carbocycles. The zero-order chi connectivity index (χ0) is 12.8. The van der Waals surface area contributed by atoms with Crippen LogP contribution in [0.3, 0.4) is 0 Å². The van der Waals surface area contributed by atoms with Crippen molar-refractivity contribution in [1.29, 1.82) is 0 Å². The molecule has 5 heteroatoms. The van der Waals surface area contributed by atoms with Crippen LogP contribution in [0.25, 0.3) is 16.0 Å². The van der Waals surface area contributed by atoms with Gasteiger partial charge in [-0.2, -0.15) is 35.2 Å². The maximum atomic E-state index is 6.07. The van der Waals surface area contributed by atoms with Crippen LogP contribution in [0.4, 0.5) is 0 Å². The molecule has 0 bridgehead atoms. The van der Waals surface area contributed by atoms with Crippen molar-refractivity contribution in [2.75, 3.05) is 41.8 Å². The van der Waals surface area contributed by atoms with Crippen LogP contribution in [0.15, 0.2) is 0 Å². The van der Waals surface area contributed by atoms with Crippen molar-refractivity contribution in [2.45, 2.75) is 31.1 Å². The van der Waals surface area contributed by atoms with Crippen molar-refractivity contribution in [3.8, 4) is 0 Å². The molecule has 0 N–H and O–H groups in total. The second-order valence-corrected chi connectivity index (χ2v) is 4.49. The van der Waals surface area contributed by atoms with E-state index in [1.54, 1.807) is 28.2 Å². The Labute approximate surface area is 139 Å². The molecule has 3 nitrogen and oxygen atoms in total. The smallest absolute Gasteiger partial charge is 0.668 e. The normalized spacial score (nSPS) is 20.3. The Balaban J connectivity index is -0.000000106. The maximum Gasteiger partial charge on any atom is 4.00 e. The Hall–Kier alpha value is 1.04. The van der Waals surface area contributed by atoms with Gasteiger partial charge < -0.3 is 23.4 Å². The van der Waals surface area contributed by atoms with Gasteiger partial charge in [0.05, 0.1) is 0 Å². The molecule has 0 heterocycles. The monoisotopic (exact) mass is 443 g/mol. The molecule has 18 heavy (non-hydrogen) atoms. The fourth-order valence-electron chi connectivity index (χ4n) is 1.61. The van der Waals surface area contributed by atoms with Crippen LogP contribution in [0.2, 0.25) is 0 Å². The van der Waals surface area contributed by atoms with Crippen molar-refractivity contribution in [1.82, 2.24) is 0 Å². The van der Waals surface area contributed by atoms with Gasteiger partial charge in [-0.05, 0) is 18.8 Å². The minimum Gasteiger partial charge on any atom is -0.668 e. The van der Waals surface area contributed by atoms with Crippen LogP contribution in [0.5, 0.6) is 0 Å². The standard InChI is InChI=1S/C8H15ClN.2C2H6N.CH3.Hf/c1-10-6-5-7-3-2-4-8(7)9;2*1-3-2;;/h7-8H,2-6H2,1H3;2*1-2H3;1H3;/q4*-1;+4. The number of hydrogen-bond acceptors (Lipinski definition) is 0. The second kappa shape index (κ2) is 23.2. The Morgan fingerprint density at radius 2 is 1.44 bits per heavy atom. The van der Waals surface area contributed by atoms with Gasteiger partial charge in [0.2, 0.25) is 0 Å². The van der Waals surface area contributed by atoms with Gasteiger partial charge in [0.25, 0.3) is 0 Å². The van der Waals surface area contributed by atoms with E-state index in [-0.39, 0.29) is 33.3 Å².